The average Bonchev–Trinajstić information content (AvgIpc) is 2.93. The Bertz CT molecular complexity index is 742. The van der Waals surface area contributed by atoms with Crippen molar-refractivity contribution in [2.45, 2.75) is 6.18 Å². The first kappa shape index (κ1) is 11.6. The van der Waals surface area contributed by atoms with Gasteiger partial charge in [0.1, 0.15) is 5.69 Å². The van der Waals surface area contributed by atoms with E-state index in [9.17, 15) is 13.2 Å². The van der Waals surface area contributed by atoms with Crippen LogP contribution in [0.2, 0.25) is 0 Å². The molecule has 0 unspecified atom stereocenters. The highest BCUT2D eigenvalue weighted by atomic mass is 19.4. The minimum absolute atomic E-state index is 0.179. The SMILES string of the molecule is Nc1cc(-c2cccc3[nH]c(C(F)(F)F)cc23)on1. The molecule has 0 atom stereocenters. The Morgan fingerprint density at radius 1 is 1.21 bits per heavy atom. The number of aromatic nitrogens is 2. The normalized spacial score (nSPS) is 12.2. The van der Waals surface area contributed by atoms with Gasteiger partial charge in [-0.1, -0.05) is 17.3 Å². The van der Waals surface area contributed by atoms with Crippen LogP contribution in [0, 0.1) is 0 Å². The van der Waals surface area contributed by atoms with Gasteiger partial charge in [-0.3, -0.25) is 0 Å². The summed E-state index contributed by atoms with van der Waals surface area (Å²) in [6, 6.07) is 7.36. The Labute approximate surface area is 105 Å². The molecule has 0 saturated carbocycles. The van der Waals surface area contributed by atoms with E-state index in [-0.39, 0.29) is 5.82 Å². The molecule has 3 aromatic rings. The quantitative estimate of drug-likeness (QED) is 0.709. The van der Waals surface area contributed by atoms with Crippen LogP contribution in [0.15, 0.2) is 34.9 Å². The van der Waals surface area contributed by atoms with Gasteiger partial charge in [0.2, 0.25) is 0 Å². The van der Waals surface area contributed by atoms with Gasteiger partial charge in [-0.2, -0.15) is 13.2 Å². The van der Waals surface area contributed by atoms with E-state index in [0.717, 1.165) is 6.07 Å². The Morgan fingerprint density at radius 2 is 2.00 bits per heavy atom. The number of nitrogens with one attached hydrogen (secondary N) is 1. The smallest absolute Gasteiger partial charge is 0.381 e. The van der Waals surface area contributed by atoms with Crippen LogP contribution in [0.1, 0.15) is 5.69 Å². The first-order valence-corrected chi connectivity index (χ1v) is 5.36. The fourth-order valence-corrected chi connectivity index (χ4v) is 1.94. The van der Waals surface area contributed by atoms with Gasteiger partial charge < -0.3 is 15.2 Å². The zero-order valence-corrected chi connectivity index (χ0v) is 9.45. The topological polar surface area (TPSA) is 67.8 Å². The van der Waals surface area contributed by atoms with Crippen molar-refractivity contribution in [1.29, 1.82) is 0 Å². The molecule has 7 heteroatoms. The van der Waals surface area contributed by atoms with Crippen LogP contribution in [0.4, 0.5) is 19.0 Å². The summed E-state index contributed by atoms with van der Waals surface area (Å²) in [7, 11) is 0. The van der Waals surface area contributed by atoms with Crippen LogP contribution < -0.4 is 5.73 Å². The van der Waals surface area contributed by atoms with E-state index in [1.54, 1.807) is 18.2 Å². The van der Waals surface area contributed by atoms with Gasteiger partial charge in [0.15, 0.2) is 11.6 Å². The van der Waals surface area contributed by atoms with Crippen molar-refractivity contribution >= 4 is 16.7 Å². The molecule has 2 aromatic heterocycles. The van der Waals surface area contributed by atoms with Crippen LogP contribution >= 0.6 is 0 Å². The van der Waals surface area contributed by atoms with Gasteiger partial charge in [-0.15, -0.1) is 0 Å². The highest BCUT2D eigenvalue weighted by Gasteiger charge is 2.33. The molecule has 0 radical (unpaired) electrons. The third-order valence-corrected chi connectivity index (χ3v) is 2.76. The van der Waals surface area contributed by atoms with Crippen molar-refractivity contribution in [3.63, 3.8) is 0 Å². The van der Waals surface area contributed by atoms with E-state index in [1.807, 2.05) is 0 Å². The van der Waals surface area contributed by atoms with Crippen molar-refractivity contribution in [3.8, 4) is 11.3 Å². The molecule has 0 saturated heterocycles. The molecule has 98 valence electrons. The minimum atomic E-state index is -4.42. The number of fused-ring (bicyclic) bond motifs is 1. The number of rotatable bonds is 1. The van der Waals surface area contributed by atoms with Crippen LogP contribution in [0.25, 0.3) is 22.2 Å². The average molecular weight is 267 g/mol. The van der Waals surface area contributed by atoms with Crippen molar-refractivity contribution < 1.29 is 17.7 Å². The number of nitrogens with zero attached hydrogens (tertiary/aromatic N) is 1. The van der Waals surface area contributed by atoms with Gasteiger partial charge in [0, 0.05) is 22.5 Å². The van der Waals surface area contributed by atoms with Crippen LogP contribution in [0.5, 0.6) is 0 Å². The summed E-state index contributed by atoms with van der Waals surface area (Å²) in [4.78, 5) is 2.33. The number of hydrogen-bond acceptors (Lipinski definition) is 3. The van der Waals surface area contributed by atoms with Crippen LogP contribution in [-0.2, 0) is 6.18 Å². The third-order valence-electron chi connectivity index (χ3n) is 2.76. The summed E-state index contributed by atoms with van der Waals surface area (Å²) in [6.45, 7) is 0. The summed E-state index contributed by atoms with van der Waals surface area (Å²) >= 11 is 0. The Balaban J connectivity index is 2.23. The zero-order valence-electron chi connectivity index (χ0n) is 9.45. The molecule has 3 rings (SSSR count). The summed E-state index contributed by atoms with van der Waals surface area (Å²) in [5.74, 6) is 0.509. The fourth-order valence-electron chi connectivity index (χ4n) is 1.94. The lowest BCUT2D eigenvalue weighted by Gasteiger charge is -2.00. The highest BCUT2D eigenvalue weighted by molar-refractivity contribution is 5.94. The van der Waals surface area contributed by atoms with Gasteiger partial charge >= 0.3 is 6.18 Å². The molecule has 0 aliphatic carbocycles. The lowest BCUT2D eigenvalue weighted by molar-refractivity contribution is -0.140. The molecular weight excluding hydrogens is 259 g/mol. The van der Waals surface area contributed by atoms with Crippen LogP contribution in [0.3, 0.4) is 0 Å². The largest absolute Gasteiger partial charge is 0.431 e. The van der Waals surface area contributed by atoms with Gasteiger partial charge in [0.05, 0.1) is 0 Å². The molecule has 4 nitrogen and oxygen atoms in total. The molecule has 0 spiro atoms. The second-order valence-corrected chi connectivity index (χ2v) is 4.06. The standard InChI is InChI=1S/C12H8F3N3O/c13-12(14,15)10-4-7-6(2-1-3-8(7)17-10)9-5-11(16)18-19-9/h1-5,17H,(H2,16,18). The van der Waals surface area contributed by atoms with Crippen molar-refractivity contribution in [2.75, 3.05) is 5.73 Å². The molecule has 0 amide bonds. The second-order valence-electron chi connectivity index (χ2n) is 4.06. The van der Waals surface area contributed by atoms with E-state index in [1.165, 1.54) is 6.07 Å². The number of alkyl halides is 3. The highest BCUT2D eigenvalue weighted by Crippen LogP contribution is 2.35. The maximum Gasteiger partial charge on any atom is 0.431 e. The monoisotopic (exact) mass is 267 g/mol. The van der Waals surface area contributed by atoms with E-state index >= 15 is 0 Å². The number of H-pyrrole nitrogens is 1. The summed E-state index contributed by atoms with van der Waals surface area (Å²) in [6.07, 6.45) is -4.42. The van der Waals surface area contributed by atoms with E-state index in [2.05, 4.69) is 10.1 Å². The number of anilines is 1. The van der Waals surface area contributed by atoms with Gasteiger partial charge in [0.25, 0.3) is 0 Å². The number of aromatic amines is 1. The fraction of sp³-hybridized carbons (Fsp3) is 0.0833. The number of halogens is 3. The number of benzene rings is 1. The Hall–Kier alpha value is -2.44. The van der Waals surface area contributed by atoms with Gasteiger partial charge in [-0.05, 0) is 12.1 Å². The molecule has 0 aliphatic rings. The number of nitrogens with two attached hydrogens (primary N) is 1. The maximum atomic E-state index is 12.7. The predicted molar refractivity (Wildman–Crippen MR) is 63.2 cm³/mol. The number of hydrogen-bond donors (Lipinski definition) is 2. The van der Waals surface area contributed by atoms with Crippen LogP contribution in [-0.4, -0.2) is 10.1 Å². The summed E-state index contributed by atoms with van der Waals surface area (Å²) < 4.78 is 43.0. The second kappa shape index (κ2) is 3.78. The molecule has 0 aliphatic heterocycles. The molecule has 3 N–H and O–H groups in total. The summed E-state index contributed by atoms with van der Waals surface area (Å²) in [5, 5.41) is 3.93. The van der Waals surface area contributed by atoms with E-state index in [4.69, 9.17) is 10.3 Å². The minimum Gasteiger partial charge on any atom is -0.381 e. The van der Waals surface area contributed by atoms with Crippen molar-refractivity contribution in [3.05, 3.63) is 36.0 Å². The number of nitrogen functional groups attached to an aromatic ring is 1. The van der Waals surface area contributed by atoms with Gasteiger partial charge in [-0.25, -0.2) is 0 Å². The first-order chi connectivity index (χ1) is 8.95. The summed E-state index contributed by atoms with van der Waals surface area (Å²) in [5.41, 5.74) is 5.52. The molecule has 1 aromatic carbocycles. The maximum absolute atomic E-state index is 12.7. The zero-order chi connectivity index (χ0) is 13.6. The molecule has 0 bridgehead atoms. The molecule has 0 fully saturated rings. The van der Waals surface area contributed by atoms with E-state index in [0.29, 0.717) is 22.2 Å². The third kappa shape index (κ3) is 1.92. The Kier molecular flexibility index (Phi) is 2.31. The molecule has 19 heavy (non-hydrogen) atoms. The van der Waals surface area contributed by atoms with Crippen molar-refractivity contribution in [2.24, 2.45) is 0 Å². The lowest BCUT2D eigenvalue weighted by atomic mass is 10.1. The lowest BCUT2D eigenvalue weighted by Crippen LogP contribution is -2.04. The first-order valence-electron chi connectivity index (χ1n) is 5.36. The molecule has 2 heterocycles. The molecular formula is C12H8F3N3O. The Morgan fingerprint density at radius 3 is 2.63 bits per heavy atom. The predicted octanol–water partition coefficient (Wildman–Crippen LogP) is 3.42. The van der Waals surface area contributed by atoms with E-state index < -0.39 is 11.9 Å². The van der Waals surface area contributed by atoms with Crippen molar-refractivity contribution in [1.82, 2.24) is 10.1 Å².